The van der Waals surface area contributed by atoms with Gasteiger partial charge >= 0.3 is 11.9 Å². The first kappa shape index (κ1) is 14.1. The van der Waals surface area contributed by atoms with E-state index in [0.29, 0.717) is 13.2 Å². The quantitative estimate of drug-likeness (QED) is 0.557. The standard InChI is InChI=1S/C11H16O5S/c1-4-9(12)15-8(3)11(13)16-10-6-14-5-7(2)17-10/h4,7-8,10H,1,5-6H2,2-3H3. The first-order chi connectivity index (χ1) is 8.02. The molecule has 1 saturated heterocycles. The molecule has 1 aliphatic rings. The van der Waals surface area contributed by atoms with Crippen LogP contribution in [0.15, 0.2) is 12.7 Å². The van der Waals surface area contributed by atoms with Crippen molar-refractivity contribution in [2.75, 3.05) is 13.2 Å². The fraction of sp³-hybridized carbons (Fsp3) is 0.636. The number of rotatable bonds is 4. The molecule has 1 rings (SSSR count). The maximum Gasteiger partial charge on any atom is 0.348 e. The van der Waals surface area contributed by atoms with Gasteiger partial charge in [0, 0.05) is 11.3 Å². The van der Waals surface area contributed by atoms with Crippen LogP contribution in [0.25, 0.3) is 0 Å². The van der Waals surface area contributed by atoms with E-state index in [1.165, 1.54) is 18.7 Å². The van der Waals surface area contributed by atoms with Crippen molar-refractivity contribution in [3.8, 4) is 0 Å². The van der Waals surface area contributed by atoms with Crippen LogP contribution in [0.3, 0.4) is 0 Å². The molecule has 3 atom stereocenters. The van der Waals surface area contributed by atoms with Crippen molar-refractivity contribution in [1.82, 2.24) is 0 Å². The zero-order valence-electron chi connectivity index (χ0n) is 9.88. The Kier molecular flexibility index (Phi) is 5.50. The van der Waals surface area contributed by atoms with E-state index in [2.05, 4.69) is 6.58 Å². The summed E-state index contributed by atoms with van der Waals surface area (Å²) in [7, 11) is 0. The van der Waals surface area contributed by atoms with Crippen molar-refractivity contribution in [2.24, 2.45) is 0 Å². The highest BCUT2D eigenvalue weighted by Crippen LogP contribution is 2.24. The second-order valence-corrected chi connectivity index (χ2v) is 5.24. The number of hydrogen-bond donors (Lipinski definition) is 0. The van der Waals surface area contributed by atoms with Gasteiger partial charge in [0.05, 0.1) is 13.2 Å². The van der Waals surface area contributed by atoms with Crippen molar-refractivity contribution < 1.29 is 23.8 Å². The lowest BCUT2D eigenvalue weighted by molar-refractivity contribution is -0.166. The molecule has 0 N–H and O–H groups in total. The van der Waals surface area contributed by atoms with Crippen LogP contribution in [0, 0.1) is 0 Å². The number of ether oxygens (including phenoxy) is 3. The Hall–Kier alpha value is -1.01. The molecule has 17 heavy (non-hydrogen) atoms. The Morgan fingerprint density at radius 1 is 1.53 bits per heavy atom. The third-order valence-electron chi connectivity index (χ3n) is 2.03. The van der Waals surface area contributed by atoms with Crippen LogP contribution in [-0.2, 0) is 23.8 Å². The van der Waals surface area contributed by atoms with Gasteiger partial charge < -0.3 is 14.2 Å². The van der Waals surface area contributed by atoms with Crippen LogP contribution in [0.1, 0.15) is 13.8 Å². The van der Waals surface area contributed by atoms with Gasteiger partial charge in [-0.1, -0.05) is 13.5 Å². The zero-order valence-corrected chi connectivity index (χ0v) is 10.7. The first-order valence-electron chi connectivity index (χ1n) is 5.29. The molecule has 0 radical (unpaired) electrons. The van der Waals surface area contributed by atoms with E-state index >= 15 is 0 Å². The van der Waals surface area contributed by atoms with Crippen LogP contribution in [0.5, 0.6) is 0 Å². The number of carbonyl (C=O) groups is 2. The maximum absolute atomic E-state index is 11.6. The highest BCUT2D eigenvalue weighted by atomic mass is 32.2. The predicted molar refractivity (Wildman–Crippen MR) is 63.5 cm³/mol. The molecule has 0 aromatic carbocycles. The maximum atomic E-state index is 11.6. The van der Waals surface area contributed by atoms with E-state index in [1.54, 1.807) is 0 Å². The minimum Gasteiger partial charge on any atom is -0.447 e. The molecule has 1 aliphatic heterocycles. The van der Waals surface area contributed by atoms with Gasteiger partial charge in [-0.3, -0.25) is 0 Å². The fourth-order valence-corrected chi connectivity index (χ4v) is 2.24. The predicted octanol–water partition coefficient (Wildman–Crippen LogP) is 1.13. The number of thioether (sulfide) groups is 1. The van der Waals surface area contributed by atoms with Gasteiger partial charge in [-0.15, -0.1) is 11.8 Å². The van der Waals surface area contributed by atoms with Crippen molar-refractivity contribution in [1.29, 1.82) is 0 Å². The van der Waals surface area contributed by atoms with Gasteiger partial charge in [-0.2, -0.15) is 0 Å². The molecule has 0 spiro atoms. The summed E-state index contributed by atoms with van der Waals surface area (Å²) < 4.78 is 15.2. The van der Waals surface area contributed by atoms with E-state index in [0.717, 1.165) is 6.08 Å². The van der Waals surface area contributed by atoms with Gasteiger partial charge in [0.25, 0.3) is 0 Å². The fourth-order valence-electron chi connectivity index (χ4n) is 1.23. The van der Waals surface area contributed by atoms with Crippen LogP contribution in [0.4, 0.5) is 0 Å². The largest absolute Gasteiger partial charge is 0.447 e. The molecule has 96 valence electrons. The molecular weight excluding hydrogens is 244 g/mol. The summed E-state index contributed by atoms with van der Waals surface area (Å²) in [5.41, 5.74) is -0.337. The topological polar surface area (TPSA) is 61.8 Å². The van der Waals surface area contributed by atoms with E-state index in [4.69, 9.17) is 14.2 Å². The Balaban J connectivity index is 2.37. The Labute approximate surface area is 104 Å². The molecule has 1 fully saturated rings. The summed E-state index contributed by atoms with van der Waals surface area (Å²) in [6.07, 6.45) is 0.0722. The molecule has 0 amide bonds. The van der Waals surface area contributed by atoms with E-state index in [1.807, 2.05) is 6.92 Å². The summed E-state index contributed by atoms with van der Waals surface area (Å²) in [5.74, 6) is -1.22. The average molecular weight is 260 g/mol. The highest BCUT2D eigenvalue weighted by molar-refractivity contribution is 8.00. The molecule has 3 unspecified atom stereocenters. The summed E-state index contributed by atoms with van der Waals surface area (Å²) in [6.45, 7) is 7.72. The summed E-state index contributed by atoms with van der Waals surface area (Å²) in [4.78, 5) is 22.5. The van der Waals surface area contributed by atoms with Gasteiger partial charge in [0.1, 0.15) is 0 Å². The van der Waals surface area contributed by atoms with Crippen molar-refractivity contribution >= 4 is 23.7 Å². The Bertz CT molecular complexity index is 304. The second-order valence-electron chi connectivity index (χ2n) is 3.63. The van der Waals surface area contributed by atoms with Gasteiger partial charge in [-0.25, -0.2) is 9.59 Å². The molecule has 0 aliphatic carbocycles. The normalized spacial score (nSPS) is 25.8. The third-order valence-corrected chi connectivity index (χ3v) is 3.17. The lowest BCUT2D eigenvalue weighted by atomic mass is 10.4. The molecule has 5 nitrogen and oxygen atoms in total. The van der Waals surface area contributed by atoms with E-state index < -0.39 is 18.0 Å². The summed E-state index contributed by atoms with van der Waals surface area (Å²) in [6, 6.07) is 0. The lowest BCUT2D eigenvalue weighted by Crippen LogP contribution is -2.34. The Morgan fingerprint density at radius 2 is 2.24 bits per heavy atom. The molecule has 6 heteroatoms. The third kappa shape index (κ3) is 4.79. The second kappa shape index (κ2) is 6.66. The molecule has 1 heterocycles. The van der Waals surface area contributed by atoms with Gasteiger partial charge in [-0.05, 0) is 6.92 Å². The van der Waals surface area contributed by atoms with Crippen molar-refractivity contribution in [2.45, 2.75) is 30.6 Å². The molecule has 0 bridgehead atoms. The van der Waals surface area contributed by atoms with Crippen molar-refractivity contribution in [3.05, 3.63) is 12.7 Å². The minimum atomic E-state index is -0.932. The van der Waals surface area contributed by atoms with Crippen LogP contribution >= 0.6 is 11.8 Å². The summed E-state index contributed by atoms with van der Waals surface area (Å²) in [5, 5.41) is 0.285. The van der Waals surface area contributed by atoms with E-state index in [9.17, 15) is 9.59 Å². The van der Waals surface area contributed by atoms with Crippen LogP contribution < -0.4 is 0 Å². The number of esters is 2. The SMILES string of the molecule is C=CC(=O)OC(C)C(=O)OC1COCC(C)S1. The summed E-state index contributed by atoms with van der Waals surface area (Å²) >= 11 is 1.53. The lowest BCUT2D eigenvalue weighted by Gasteiger charge is -2.27. The molecule has 0 saturated carbocycles. The van der Waals surface area contributed by atoms with Gasteiger partial charge in [0.15, 0.2) is 11.5 Å². The van der Waals surface area contributed by atoms with E-state index in [-0.39, 0.29) is 10.7 Å². The zero-order chi connectivity index (χ0) is 12.8. The Morgan fingerprint density at radius 3 is 2.82 bits per heavy atom. The highest BCUT2D eigenvalue weighted by Gasteiger charge is 2.26. The molecule has 0 aromatic heterocycles. The smallest absolute Gasteiger partial charge is 0.348 e. The molecule has 0 aromatic rings. The van der Waals surface area contributed by atoms with Crippen LogP contribution in [-0.4, -0.2) is 41.9 Å². The monoisotopic (exact) mass is 260 g/mol. The number of hydrogen-bond acceptors (Lipinski definition) is 6. The first-order valence-corrected chi connectivity index (χ1v) is 6.24. The molecular formula is C11H16O5S. The van der Waals surface area contributed by atoms with Gasteiger partial charge in [0.2, 0.25) is 0 Å². The van der Waals surface area contributed by atoms with Crippen LogP contribution in [0.2, 0.25) is 0 Å². The van der Waals surface area contributed by atoms with Crippen molar-refractivity contribution in [3.63, 3.8) is 0 Å². The minimum absolute atomic E-state index is 0.285. The number of carbonyl (C=O) groups excluding carboxylic acids is 2. The average Bonchev–Trinajstić information content (AvgIpc) is 2.28.